The van der Waals surface area contributed by atoms with E-state index in [0.29, 0.717) is 5.56 Å². The summed E-state index contributed by atoms with van der Waals surface area (Å²) in [7, 11) is 0. The first-order valence-corrected chi connectivity index (χ1v) is 8.86. The smallest absolute Gasteiger partial charge is 0.325 e. The molecule has 0 aliphatic rings. The fourth-order valence-corrected chi connectivity index (χ4v) is 2.36. The number of benzene rings is 1. The van der Waals surface area contributed by atoms with Crippen molar-refractivity contribution in [3.63, 3.8) is 0 Å². The van der Waals surface area contributed by atoms with Crippen molar-refractivity contribution in [1.29, 1.82) is 0 Å². The van der Waals surface area contributed by atoms with E-state index >= 15 is 0 Å². The van der Waals surface area contributed by atoms with Crippen LogP contribution in [0.15, 0.2) is 24.3 Å². The van der Waals surface area contributed by atoms with Gasteiger partial charge in [-0.25, -0.2) is 0 Å². The van der Waals surface area contributed by atoms with E-state index in [0.717, 1.165) is 0 Å². The highest BCUT2D eigenvalue weighted by atomic mass is 16.4. The SMILES string of the molecule is CC(NC(=O)C(CC(=O)O)NC(=O)C(Cc1ccc(O)cc1)NC(=O)CN)C(=O)O. The summed E-state index contributed by atoms with van der Waals surface area (Å²) in [5.74, 6) is -5.28. The second-order valence-corrected chi connectivity index (χ2v) is 6.42. The Morgan fingerprint density at radius 3 is 2.00 bits per heavy atom. The molecule has 12 nitrogen and oxygen atoms in total. The first kappa shape index (κ1) is 24.4. The summed E-state index contributed by atoms with van der Waals surface area (Å²) in [5, 5.41) is 33.9. The summed E-state index contributed by atoms with van der Waals surface area (Å²) < 4.78 is 0. The molecule has 3 unspecified atom stereocenters. The van der Waals surface area contributed by atoms with Crippen LogP contribution in [0, 0.1) is 0 Å². The zero-order chi connectivity index (χ0) is 22.8. The summed E-state index contributed by atoms with van der Waals surface area (Å²) in [4.78, 5) is 58.6. The van der Waals surface area contributed by atoms with Crippen molar-refractivity contribution in [1.82, 2.24) is 16.0 Å². The van der Waals surface area contributed by atoms with E-state index in [1.54, 1.807) is 0 Å². The molecule has 0 heterocycles. The van der Waals surface area contributed by atoms with Crippen molar-refractivity contribution < 1.29 is 39.3 Å². The van der Waals surface area contributed by atoms with Gasteiger partial charge in [0.05, 0.1) is 13.0 Å². The summed E-state index contributed by atoms with van der Waals surface area (Å²) >= 11 is 0. The van der Waals surface area contributed by atoms with Crippen LogP contribution < -0.4 is 21.7 Å². The van der Waals surface area contributed by atoms with Crippen LogP contribution in [0.3, 0.4) is 0 Å². The van der Waals surface area contributed by atoms with Gasteiger partial charge in [0.25, 0.3) is 0 Å². The lowest BCUT2D eigenvalue weighted by Crippen LogP contribution is -2.56. The average molecular weight is 424 g/mol. The van der Waals surface area contributed by atoms with E-state index in [1.807, 2.05) is 0 Å². The summed E-state index contributed by atoms with van der Waals surface area (Å²) in [6, 6.07) is 1.70. The maximum absolute atomic E-state index is 12.7. The molecule has 1 aromatic carbocycles. The number of nitrogens with one attached hydrogen (secondary N) is 3. The second-order valence-electron chi connectivity index (χ2n) is 6.42. The van der Waals surface area contributed by atoms with Crippen LogP contribution in [0.5, 0.6) is 5.75 Å². The number of aromatic hydroxyl groups is 1. The number of phenolic OH excluding ortho intramolecular Hbond substituents is 1. The molecular weight excluding hydrogens is 400 g/mol. The fraction of sp³-hybridized carbons (Fsp3) is 0.389. The van der Waals surface area contributed by atoms with Crippen LogP contribution >= 0.6 is 0 Å². The number of hydrogen-bond acceptors (Lipinski definition) is 7. The number of rotatable bonds is 11. The number of carbonyl (C=O) groups is 5. The third-order valence-corrected chi connectivity index (χ3v) is 3.95. The Kier molecular flexibility index (Phi) is 9.23. The zero-order valence-corrected chi connectivity index (χ0v) is 16.1. The number of aliphatic carboxylic acids is 2. The second kappa shape index (κ2) is 11.4. The molecule has 0 spiro atoms. The van der Waals surface area contributed by atoms with Gasteiger partial charge in [-0.3, -0.25) is 24.0 Å². The van der Waals surface area contributed by atoms with E-state index in [4.69, 9.17) is 15.9 Å². The predicted octanol–water partition coefficient (Wildman–Crippen LogP) is -2.07. The topological polar surface area (TPSA) is 208 Å². The molecule has 12 heteroatoms. The van der Waals surface area contributed by atoms with Crippen molar-refractivity contribution >= 4 is 29.7 Å². The van der Waals surface area contributed by atoms with Gasteiger partial charge in [-0.1, -0.05) is 12.1 Å². The molecule has 0 saturated carbocycles. The van der Waals surface area contributed by atoms with Gasteiger partial charge in [-0.2, -0.15) is 0 Å². The Bertz CT molecular complexity index is 796. The molecule has 1 rings (SSSR count). The highest BCUT2D eigenvalue weighted by molar-refractivity contribution is 5.95. The summed E-state index contributed by atoms with van der Waals surface area (Å²) in [5.41, 5.74) is 5.82. The number of hydrogen-bond donors (Lipinski definition) is 7. The maximum atomic E-state index is 12.7. The molecule has 0 fully saturated rings. The molecule has 1 aromatic rings. The molecule has 0 aliphatic heterocycles. The first-order chi connectivity index (χ1) is 14.0. The molecule has 164 valence electrons. The van der Waals surface area contributed by atoms with E-state index in [-0.39, 0.29) is 12.2 Å². The van der Waals surface area contributed by atoms with E-state index in [9.17, 15) is 29.1 Å². The standard InChI is InChI=1S/C18H24N4O8/c1-9(18(29)30)20-16(27)13(7-15(25)26)22-17(28)12(21-14(24)8-19)6-10-2-4-11(23)5-3-10/h2-5,9,12-13,23H,6-8,19H2,1H3,(H,20,27)(H,21,24)(H,22,28)(H,25,26)(H,29,30). The van der Waals surface area contributed by atoms with E-state index in [2.05, 4.69) is 16.0 Å². The van der Waals surface area contributed by atoms with Crippen molar-refractivity contribution in [2.75, 3.05) is 6.54 Å². The molecule has 0 saturated heterocycles. The van der Waals surface area contributed by atoms with Gasteiger partial charge in [0.1, 0.15) is 23.9 Å². The predicted molar refractivity (Wildman–Crippen MR) is 102 cm³/mol. The van der Waals surface area contributed by atoms with Crippen molar-refractivity contribution in [2.45, 2.75) is 37.9 Å². The number of amides is 3. The Morgan fingerprint density at radius 1 is 0.933 bits per heavy atom. The quantitative estimate of drug-likeness (QED) is 0.208. The third-order valence-electron chi connectivity index (χ3n) is 3.95. The first-order valence-electron chi connectivity index (χ1n) is 8.86. The molecule has 8 N–H and O–H groups in total. The molecule has 30 heavy (non-hydrogen) atoms. The number of carboxylic acid groups (broad SMARTS) is 2. The molecule has 0 radical (unpaired) electrons. The van der Waals surface area contributed by atoms with Gasteiger partial charge in [-0.15, -0.1) is 0 Å². The van der Waals surface area contributed by atoms with Crippen LogP contribution in [-0.4, -0.2) is 69.7 Å². The van der Waals surface area contributed by atoms with Gasteiger partial charge in [0.2, 0.25) is 17.7 Å². The lowest BCUT2D eigenvalue weighted by Gasteiger charge is -2.23. The maximum Gasteiger partial charge on any atom is 0.325 e. The van der Waals surface area contributed by atoms with Gasteiger partial charge >= 0.3 is 11.9 Å². The molecule has 3 atom stereocenters. The number of phenols is 1. The van der Waals surface area contributed by atoms with Crippen LogP contribution in [0.1, 0.15) is 18.9 Å². The molecule has 0 aromatic heterocycles. The summed E-state index contributed by atoms with van der Waals surface area (Å²) in [6.45, 7) is 0.767. The Morgan fingerprint density at radius 2 is 1.50 bits per heavy atom. The van der Waals surface area contributed by atoms with Crippen LogP contribution in [0.2, 0.25) is 0 Å². The van der Waals surface area contributed by atoms with E-state index < -0.39 is 60.8 Å². The number of nitrogens with two attached hydrogens (primary N) is 1. The molecule has 3 amide bonds. The highest BCUT2D eigenvalue weighted by Gasteiger charge is 2.30. The van der Waals surface area contributed by atoms with Crippen molar-refractivity contribution in [3.05, 3.63) is 29.8 Å². The van der Waals surface area contributed by atoms with Crippen LogP contribution in [-0.2, 0) is 30.4 Å². The molecular formula is C18H24N4O8. The minimum Gasteiger partial charge on any atom is -0.508 e. The fourth-order valence-electron chi connectivity index (χ4n) is 2.36. The monoisotopic (exact) mass is 424 g/mol. The van der Waals surface area contributed by atoms with Crippen LogP contribution in [0.25, 0.3) is 0 Å². The Labute approximate surface area is 171 Å². The number of carboxylic acids is 2. The largest absolute Gasteiger partial charge is 0.508 e. The average Bonchev–Trinajstić information content (AvgIpc) is 2.67. The van der Waals surface area contributed by atoms with Gasteiger partial charge < -0.3 is 37.0 Å². The third kappa shape index (κ3) is 8.14. The van der Waals surface area contributed by atoms with Gasteiger partial charge in [-0.05, 0) is 24.6 Å². The van der Waals surface area contributed by atoms with Crippen LogP contribution in [0.4, 0.5) is 0 Å². The number of carbonyl (C=O) groups excluding carboxylic acids is 3. The van der Waals surface area contributed by atoms with E-state index in [1.165, 1.54) is 31.2 Å². The molecule has 0 bridgehead atoms. The molecule has 0 aliphatic carbocycles. The van der Waals surface area contributed by atoms with Gasteiger partial charge in [0.15, 0.2) is 0 Å². The highest BCUT2D eigenvalue weighted by Crippen LogP contribution is 2.12. The minimum absolute atomic E-state index is 0.00325. The zero-order valence-electron chi connectivity index (χ0n) is 16.1. The lowest BCUT2D eigenvalue weighted by atomic mass is 10.0. The minimum atomic E-state index is -1.58. The Hall–Kier alpha value is -3.67. The summed E-state index contributed by atoms with van der Waals surface area (Å²) in [6.07, 6.45) is -0.842. The van der Waals surface area contributed by atoms with Crippen molar-refractivity contribution in [2.24, 2.45) is 5.73 Å². The normalized spacial score (nSPS) is 13.4. The van der Waals surface area contributed by atoms with Gasteiger partial charge in [0, 0.05) is 6.42 Å². The van der Waals surface area contributed by atoms with Crippen molar-refractivity contribution in [3.8, 4) is 5.75 Å². The Balaban J connectivity index is 3.00. The lowest BCUT2D eigenvalue weighted by molar-refractivity contribution is -0.143.